The van der Waals surface area contributed by atoms with Gasteiger partial charge in [0.15, 0.2) is 0 Å². The van der Waals surface area contributed by atoms with Crippen molar-refractivity contribution in [3.63, 3.8) is 0 Å². The Morgan fingerprint density at radius 1 is 1.26 bits per heavy atom. The molecule has 4 heteroatoms. The molecule has 0 bridgehead atoms. The van der Waals surface area contributed by atoms with Crippen molar-refractivity contribution in [1.82, 2.24) is 15.1 Å². The molecule has 0 radical (unpaired) electrons. The van der Waals surface area contributed by atoms with E-state index in [0.29, 0.717) is 0 Å². The van der Waals surface area contributed by atoms with Crippen molar-refractivity contribution in [2.75, 3.05) is 6.54 Å². The number of likely N-dealkylation sites (N-methyl/N-ethyl adjacent to an activating group) is 1. The van der Waals surface area contributed by atoms with E-state index in [4.69, 9.17) is 0 Å². The minimum absolute atomic E-state index is 0.282. The molecule has 0 spiro atoms. The monoisotopic (exact) mass is 321 g/mol. The van der Waals surface area contributed by atoms with Crippen LogP contribution in [0.2, 0.25) is 0 Å². The van der Waals surface area contributed by atoms with Crippen LogP contribution in [-0.2, 0) is 13.0 Å². The second-order valence-electron chi connectivity index (χ2n) is 4.49. The summed E-state index contributed by atoms with van der Waals surface area (Å²) in [5, 5.41) is 7.97. The Morgan fingerprint density at radius 2 is 2.00 bits per heavy atom. The fourth-order valence-electron chi connectivity index (χ4n) is 2.33. The number of hydrogen-bond donors (Lipinski definition) is 1. The molecule has 1 atom stereocenters. The molecule has 0 saturated carbocycles. The van der Waals surface area contributed by atoms with E-state index >= 15 is 0 Å². The minimum Gasteiger partial charge on any atom is -0.309 e. The number of nitrogens with one attached hydrogen (secondary N) is 1. The highest BCUT2D eigenvalue weighted by Crippen LogP contribution is 2.26. The topological polar surface area (TPSA) is 29.9 Å². The largest absolute Gasteiger partial charge is 0.309 e. The van der Waals surface area contributed by atoms with Gasteiger partial charge in [0.25, 0.3) is 0 Å². The van der Waals surface area contributed by atoms with Crippen LogP contribution in [0.25, 0.3) is 0 Å². The van der Waals surface area contributed by atoms with Crippen LogP contribution >= 0.6 is 15.9 Å². The number of benzene rings is 1. The van der Waals surface area contributed by atoms with Gasteiger partial charge in [-0.2, -0.15) is 5.10 Å². The summed E-state index contributed by atoms with van der Waals surface area (Å²) in [5.74, 6) is 0. The number of rotatable bonds is 6. The van der Waals surface area contributed by atoms with E-state index in [0.717, 1.165) is 24.0 Å². The van der Waals surface area contributed by atoms with Crippen molar-refractivity contribution in [1.29, 1.82) is 0 Å². The van der Waals surface area contributed by atoms with Crippen molar-refractivity contribution in [3.8, 4) is 0 Å². The summed E-state index contributed by atoms with van der Waals surface area (Å²) in [6.45, 7) is 6.09. The van der Waals surface area contributed by atoms with Gasteiger partial charge in [0.1, 0.15) is 0 Å². The van der Waals surface area contributed by atoms with Crippen molar-refractivity contribution in [2.45, 2.75) is 32.9 Å². The van der Waals surface area contributed by atoms with Gasteiger partial charge in [-0.15, -0.1) is 0 Å². The smallest absolute Gasteiger partial charge is 0.0698 e. The first-order valence-electron chi connectivity index (χ1n) is 6.74. The van der Waals surface area contributed by atoms with Crippen LogP contribution in [0.15, 0.2) is 41.0 Å². The maximum Gasteiger partial charge on any atom is 0.0698 e. The van der Waals surface area contributed by atoms with E-state index in [1.54, 1.807) is 0 Å². The standard InChI is InChI=1S/C15H20BrN3/c1-3-17-14(10-12-8-6-5-7-9-12)15-13(16)11-18-19(15)4-2/h5-9,11,14,17H,3-4,10H2,1-2H3. The molecule has 1 unspecified atom stereocenters. The van der Waals surface area contributed by atoms with Crippen LogP contribution in [0.5, 0.6) is 0 Å². The summed E-state index contributed by atoms with van der Waals surface area (Å²) < 4.78 is 3.14. The Labute approximate surface area is 123 Å². The molecule has 0 saturated heterocycles. The van der Waals surface area contributed by atoms with Crippen LogP contribution in [0.3, 0.4) is 0 Å². The maximum atomic E-state index is 4.41. The molecule has 0 aliphatic heterocycles. The van der Waals surface area contributed by atoms with E-state index in [2.05, 4.69) is 75.2 Å². The Bertz CT molecular complexity index is 507. The molecule has 0 amide bonds. The Hall–Kier alpha value is -1.13. The number of aryl methyl sites for hydroxylation is 1. The second kappa shape index (κ2) is 6.87. The molecule has 0 aliphatic rings. The summed E-state index contributed by atoms with van der Waals surface area (Å²) in [6, 6.07) is 10.9. The average Bonchev–Trinajstić information content (AvgIpc) is 2.80. The molecule has 2 rings (SSSR count). The summed E-state index contributed by atoms with van der Waals surface area (Å²) >= 11 is 3.62. The second-order valence-corrected chi connectivity index (χ2v) is 5.35. The van der Waals surface area contributed by atoms with Crippen molar-refractivity contribution >= 4 is 15.9 Å². The lowest BCUT2D eigenvalue weighted by Crippen LogP contribution is -2.26. The van der Waals surface area contributed by atoms with E-state index in [9.17, 15) is 0 Å². The first kappa shape index (κ1) is 14.3. The Morgan fingerprint density at radius 3 is 2.63 bits per heavy atom. The van der Waals surface area contributed by atoms with Gasteiger partial charge in [-0.1, -0.05) is 37.3 Å². The predicted molar refractivity (Wildman–Crippen MR) is 82.2 cm³/mol. The molecule has 1 aromatic carbocycles. The first-order chi connectivity index (χ1) is 9.26. The summed E-state index contributed by atoms with van der Waals surface area (Å²) in [6.07, 6.45) is 2.85. The van der Waals surface area contributed by atoms with Gasteiger partial charge in [-0.25, -0.2) is 0 Å². The first-order valence-corrected chi connectivity index (χ1v) is 7.54. The lowest BCUT2D eigenvalue weighted by Gasteiger charge is -2.20. The predicted octanol–water partition coefficient (Wildman–Crippen LogP) is 3.56. The number of halogens is 1. The molecule has 0 aliphatic carbocycles. The third kappa shape index (κ3) is 3.45. The van der Waals surface area contributed by atoms with Gasteiger partial charge in [0, 0.05) is 6.54 Å². The quantitative estimate of drug-likeness (QED) is 0.881. The lowest BCUT2D eigenvalue weighted by molar-refractivity contribution is 0.488. The number of hydrogen-bond acceptors (Lipinski definition) is 2. The van der Waals surface area contributed by atoms with Gasteiger partial charge in [0.2, 0.25) is 0 Å². The lowest BCUT2D eigenvalue weighted by atomic mass is 10.0. The molecule has 1 aromatic heterocycles. The fraction of sp³-hybridized carbons (Fsp3) is 0.400. The Kier molecular flexibility index (Phi) is 5.16. The molecule has 102 valence electrons. The zero-order valence-corrected chi connectivity index (χ0v) is 13.0. The molecular weight excluding hydrogens is 302 g/mol. The van der Waals surface area contributed by atoms with Gasteiger partial charge < -0.3 is 5.32 Å². The van der Waals surface area contributed by atoms with E-state index in [1.807, 2.05) is 6.20 Å². The van der Waals surface area contributed by atoms with Crippen LogP contribution in [-0.4, -0.2) is 16.3 Å². The van der Waals surface area contributed by atoms with Crippen molar-refractivity contribution in [2.24, 2.45) is 0 Å². The Balaban J connectivity index is 2.27. The molecule has 2 aromatic rings. The van der Waals surface area contributed by atoms with Crippen molar-refractivity contribution < 1.29 is 0 Å². The normalized spacial score (nSPS) is 12.6. The number of aromatic nitrogens is 2. The van der Waals surface area contributed by atoms with Crippen LogP contribution in [0, 0.1) is 0 Å². The van der Waals surface area contributed by atoms with Crippen LogP contribution in [0.4, 0.5) is 0 Å². The summed E-state index contributed by atoms with van der Waals surface area (Å²) in [4.78, 5) is 0. The zero-order chi connectivity index (χ0) is 13.7. The van der Waals surface area contributed by atoms with Gasteiger partial charge in [-0.3, -0.25) is 4.68 Å². The molecule has 1 heterocycles. The fourth-order valence-corrected chi connectivity index (χ4v) is 2.90. The SMILES string of the molecule is CCNC(Cc1ccccc1)c1c(Br)cnn1CC. The summed E-state index contributed by atoms with van der Waals surface area (Å²) in [5.41, 5.74) is 2.57. The number of nitrogens with zero attached hydrogens (tertiary/aromatic N) is 2. The molecule has 3 nitrogen and oxygen atoms in total. The third-order valence-electron chi connectivity index (χ3n) is 3.20. The van der Waals surface area contributed by atoms with Gasteiger partial charge in [-0.05, 0) is 41.4 Å². The van der Waals surface area contributed by atoms with E-state index in [1.165, 1.54) is 11.3 Å². The molecular formula is C15H20BrN3. The van der Waals surface area contributed by atoms with Gasteiger partial charge >= 0.3 is 0 Å². The minimum atomic E-state index is 0.282. The van der Waals surface area contributed by atoms with Crippen LogP contribution in [0.1, 0.15) is 31.1 Å². The zero-order valence-electron chi connectivity index (χ0n) is 11.4. The average molecular weight is 322 g/mol. The third-order valence-corrected chi connectivity index (χ3v) is 3.81. The highest BCUT2D eigenvalue weighted by atomic mass is 79.9. The maximum absolute atomic E-state index is 4.41. The molecule has 19 heavy (non-hydrogen) atoms. The highest BCUT2D eigenvalue weighted by molar-refractivity contribution is 9.10. The van der Waals surface area contributed by atoms with Crippen molar-refractivity contribution in [3.05, 3.63) is 52.3 Å². The van der Waals surface area contributed by atoms with E-state index < -0.39 is 0 Å². The highest BCUT2D eigenvalue weighted by Gasteiger charge is 2.19. The molecule has 0 fully saturated rings. The molecule has 1 N–H and O–H groups in total. The van der Waals surface area contributed by atoms with Crippen LogP contribution < -0.4 is 5.32 Å². The van der Waals surface area contributed by atoms with Gasteiger partial charge in [0.05, 0.1) is 22.4 Å². The summed E-state index contributed by atoms with van der Waals surface area (Å²) in [7, 11) is 0. The van der Waals surface area contributed by atoms with E-state index in [-0.39, 0.29) is 6.04 Å².